The number of aryl methyl sites for hydroxylation is 2. The molecule has 0 amide bonds. The smallest absolute Gasteiger partial charge is 0.0576 e. The van der Waals surface area contributed by atoms with E-state index in [2.05, 4.69) is 44.3 Å². The van der Waals surface area contributed by atoms with E-state index in [0.29, 0.717) is 12.1 Å². The Balaban J connectivity index is 1.88. The van der Waals surface area contributed by atoms with Gasteiger partial charge >= 0.3 is 0 Å². The van der Waals surface area contributed by atoms with Crippen LogP contribution in [0.3, 0.4) is 0 Å². The second-order valence-electron chi connectivity index (χ2n) is 6.09. The van der Waals surface area contributed by atoms with Gasteiger partial charge in [0.15, 0.2) is 0 Å². The SMILES string of the molecule is CCNC(CCC1CCCO1)Cc1ccc(C)c(C)c1. The molecule has 20 heavy (non-hydrogen) atoms. The van der Waals surface area contributed by atoms with Crippen LogP contribution in [-0.4, -0.2) is 25.3 Å². The summed E-state index contributed by atoms with van der Waals surface area (Å²) >= 11 is 0. The van der Waals surface area contributed by atoms with Crippen LogP contribution in [0.25, 0.3) is 0 Å². The fourth-order valence-corrected chi connectivity index (χ4v) is 3.04. The van der Waals surface area contributed by atoms with Crippen molar-refractivity contribution >= 4 is 0 Å². The summed E-state index contributed by atoms with van der Waals surface area (Å²) in [7, 11) is 0. The third-order valence-corrected chi connectivity index (χ3v) is 4.41. The molecule has 1 heterocycles. The van der Waals surface area contributed by atoms with Crippen molar-refractivity contribution in [1.82, 2.24) is 5.32 Å². The molecule has 0 radical (unpaired) electrons. The lowest BCUT2D eigenvalue weighted by molar-refractivity contribution is 0.0996. The summed E-state index contributed by atoms with van der Waals surface area (Å²) in [4.78, 5) is 0. The maximum absolute atomic E-state index is 5.74. The largest absolute Gasteiger partial charge is 0.378 e. The molecule has 1 saturated heterocycles. The van der Waals surface area contributed by atoms with E-state index in [1.165, 1.54) is 42.4 Å². The monoisotopic (exact) mass is 275 g/mol. The molecule has 2 heteroatoms. The van der Waals surface area contributed by atoms with E-state index in [1.54, 1.807) is 0 Å². The zero-order valence-electron chi connectivity index (χ0n) is 13.2. The van der Waals surface area contributed by atoms with Gasteiger partial charge in [0.25, 0.3) is 0 Å². The molecular formula is C18H29NO. The van der Waals surface area contributed by atoms with E-state index in [9.17, 15) is 0 Å². The molecule has 1 N–H and O–H groups in total. The predicted molar refractivity (Wildman–Crippen MR) is 85.3 cm³/mol. The van der Waals surface area contributed by atoms with Crippen LogP contribution < -0.4 is 5.32 Å². The first kappa shape index (κ1) is 15.5. The molecule has 1 aliphatic heterocycles. The molecule has 0 bridgehead atoms. The lowest BCUT2D eigenvalue weighted by atomic mass is 9.97. The maximum atomic E-state index is 5.74. The molecule has 2 nitrogen and oxygen atoms in total. The standard InChI is InChI=1S/C18H29NO/c1-4-19-17(9-10-18-6-5-11-20-18)13-16-8-7-14(2)15(3)12-16/h7-8,12,17-19H,4-6,9-11,13H2,1-3H3. The molecule has 0 aromatic heterocycles. The Morgan fingerprint density at radius 1 is 1.30 bits per heavy atom. The summed E-state index contributed by atoms with van der Waals surface area (Å²) in [5.41, 5.74) is 4.23. The van der Waals surface area contributed by atoms with Crippen molar-refractivity contribution in [1.29, 1.82) is 0 Å². The summed E-state index contributed by atoms with van der Waals surface area (Å²) in [5.74, 6) is 0. The fraction of sp³-hybridized carbons (Fsp3) is 0.667. The number of ether oxygens (including phenoxy) is 1. The Labute approximate surface area is 123 Å². The molecule has 0 spiro atoms. The van der Waals surface area contributed by atoms with E-state index in [1.807, 2.05) is 0 Å². The highest BCUT2D eigenvalue weighted by Crippen LogP contribution is 2.19. The highest BCUT2D eigenvalue weighted by atomic mass is 16.5. The minimum Gasteiger partial charge on any atom is -0.378 e. The van der Waals surface area contributed by atoms with Gasteiger partial charge in [0.05, 0.1) is 6.10 Å². The van der Waals surface area contributed by atoms with Crippen molar-refractivity contribution < 1.29 is 4.74 Å². The third kappa shape index (κ3) is 4.60. The molecule has 1 aromatic rings. The zero-order chi connectivity index (χ0) is 14.4. The Morgan fingerprint density at radius 2 is 2.15 bits per heavy atom. The normalized spacial score (nSPS) is 20.2. The highest BCUT2D eigenvalue weighted by molar-refractivity contribution is 5.30. The van der Waals surface area contributed by atoms with Crippen molar-refractivity contribution in [3.05, 3.63) is 34.9 Å². The van der Waals surface area contributed by atoms with Gasteiger partial charge in [-0.15, -0.1) is 0 Å². The summed E-state index contributed by atoms with van der Waals surface area (Å²) in [6, 6.07) is 7.43. The molecular weight excluding hydrogens is 246 g/mol. The highest BCUT2D eigenvalue weighted by Gasteiger charge is 2.17. The number of hydrogen-bond acceptors (Lipinski definition) is 2. The molecule has 2 unspecified atom stereocenters. The topological polar surface area (TPSA) is 21.3 Å². The molecule has 0 aliphatic carbocycles. The first-order valence-electron chi connectivity index (χ1n) is 8.10. The van der Waals surface area contributed by atoms with Crippen molar-refractivity contribution in [3.8, 4) is 0 Å². The minimum atomic E-state index is 0.510. The van der Waals surface area contributed by atoms with Gasteiger partial charge in [-0.2, -0.15) is 0 Å². The van der Waals surface area contributed by atoms with Crippen LogP contribution in [0.4, 0.5) is 0 Å². The number of benzene rings is 1. The third-order valence-electron chi connectivity index (χ3n) is 4.41. The van der Waals surface area contributed by atoms with E-state index in [4.69, 9.17) is 4.74 Å². The van der Waals surface area contributed by atoms with Crippen LogP contribution in [0.5, 0.6) is 0 Å². The number of likely N-dealkylation sites (N-methyl/N-ethyl adjacent to an activating group) is 1. The van der Waals surface area contributed by atoms with Crippen molar-refractivity contribution in [2.24, 2.45) is 0 Å². The quantitative estimate of drug-likeness (QED) is 0.817. The van der Waals surface area contributed by atoms with Gasteiger partial charge in [0.1, 0.15) is 0 Å². The minimum absolute atomic E-state index is 0.510. The van der Waals surface area contributed by atoms with E-state index in [-0.39, 0.29) is 0 Å². The van der Waals surface area contributed by atoms with Crippen molar-refractivity contribution in [2.45, 2.75) is 65.0 Å². The molecule has 112 valence electrons. The van der Waals surface area contributed by atoms with Gasteiger partial charge < -0.3 is 10.1 Å². The van der Waals surface area contributed by atoms with Crippen LogP contribution in [0.15, 0.2) is 18.2 Å². The Hall–Kier alpha value is -0.860. The molecule has 1 aliphatic rings. The van der Waals surface area contributed by atoms with Gasteiger partial charge in [0.2, 0.25) is 0 Å². The van der Waals surface area contributed by atoms with Crippen LogP contribution >= 0.6 is 0 Å². The van der Waals surface area contributed by atoms with Crippen LogP contribution in [-0.2, 0) is 11.2 Å². The lowest BCUT2D eigenvalue weighted by Crippen LogP contribution is -2.32. The van der Waals surface area contributed by atoms with Crippen LogP contribution in [0.2, 0.25) is 0 Å². The molecule has 1 aromatic carbocycles. The second kappa shape index (κ2) is 7.80. The Bertz CT molecular complexity index is 410. The second-order valence-corrected chi connectivity index (χ2v) is 6.09. The van der Waals surface area contributed by atoms with Gasteiger partial charge in [-0.25, -0.2) is 0 Å². The first-order valence-corrected chi connectivity index (χ1v) is 8.10. The summed E-state index contributed by atoms with van der Waals surface area (Å²) in [6.45, 7) is 8.58. The van der Waals surface area contributed by atoms with Gasteiger partial charge in [0, 0.05) is 12.6 Å². The van der Waals surface area contributed by atoms with Crippen molar-refractivity contribution in [3.63, 3.8) is 0 Å². The predicted octanol–water partition coefficient (Wildman–Crippen LogP) is 3.78. The average Bonchev–Trinajstić information content (AvgIpc) is 2.94. The Kier molecular flexibility index (Phi) is 6.06. The maximum Gasteiger partial charge on any atom is 0.0576 e. The zero-order valence-corrected chi connectivity index (χ0v) is 13.2. The lowest BCUT2D eigenvalue weighted by Gasteiger charge is -2.20. The van der Waals surface area contributed by atoms with Gasteiger partial charge in [-0.05, 0) is 69.2 Å². The van der Waals surface area contributed by atoms with Gasteiger partial charge in [-0.1, -0.05) is 25.1 Å². The van der Waals surface area contributed by atoms with Crippen LogP contribution in [0, 0.1) is 13.8 Å². The van der Waals surface area contributed by atoms with E-state index in [0.717, 1.165) is 19.6 Å². The molecule has 2 rings (SSSR count). The van der Waals surface area contributed by atoms with Gasteiger partial charge in [-0.3, -0.25) is 0 Å². The number of rotatable bonds is 7. The molecule has 2 atom stereocenters. The summed E-state index contributed by atoms with van der Waals surface area (Å²) in [5, 5.41) is 3.63. The fourth-order valence-electron chi connectivity index (χ4n) is 3.04. The average molecular weight is 275 g/mol. The molecule has 0 saturated carbocycles. The summed E-state index contributed by atoms with van der Waals surface area (Å²) < 4.78 is 5.74. The molecule has 1 fully saturated rings. The van der Waals surface area contributed by atoms with E-state index < -0.39 is 0 Å². The van der Waals surface area contributed by atoms with E-state index >= 15 is 0 Å². The van der Waals surface area contributed by atoms with Crippen molar-refractivity contribution in [2.75, 3.05) is 13.2 Å². The Morgan fingerprint density at radius 3 is 2.80 bits per heavy atom. The first-order chi connectivity index (χ1) is 9.69. The number of hydrogen-bond donors (Lipinski definition) is 1. The van der Waals surface area contributed by atoms with Crippen LogP contribution in [0.1, 0.15) is 49.3 Å². The summed E-state index contributed by atoms with van der Waals surface area (Å²) in [6.07, 6.45) is 6.54. The number of nitrogens with one attached hydrogen (secondary N) is 1.